The van der Waals surface area contributed by atoms with Gasteiger partial charge in [-0.3, -0.25) is 4.79 Å². The molecule has 0 saturated heterocycles. The average Bonchev–Trinajstić information content (AvgIpc) is 3.11. The zero-order valence-electron chi connectivity index (χ0n) is 15.4. The molecule has 136 valence electrons. The maximum atomic E-state index is 11.9. The molecule has 2 aromatic carbocycles. The normalized spacial score (nSPS) is 11.6. The number of quaternary nitrogens is 1. The van der Waals surface area contributed by atoms with Gasteiger partial charge in [-0.15, -0.1) is 6.42 Å². The maximum absolute atomic E-state index is 11.9. The van der Waals surface area contributed by atoms with E-state index in [4.69, 9.17) is 11.5 Å². The molecule has 0 bridgehead atoms. The van der Waals surface area contributed by atoms with Crippen molar-refractivity contribution in [2.24, 2.45) is 0 Å². The van der Waals surface area contributed by atoms with Crippen molar-refractivity contribution in [3.8, 4) is 29.3 Å². The van der Waals surface area contributed by atoms with Gasteiger partial charge in [0.15, 0.2) is 6.54 Å². The van der Waals surface area contributed by atoms with E-state index in [1.165, 1.54) is 0 Å². The number of para-hydroxylation sites is 1. The van der Waals surface area contributed by atoms with Crippen LogP contribution in [0.3, 0.4) is 0 Å². The first-order valence-corrected chi connectivity index (χ1v) is 8.88. The fourth-order valence-corrected chi connectivity index (χ4v) is 2.96. The first kappa shape index (κ1) is 18.4. The van der Waals surface area contributed by atoms with Crippen LogP contribution in [0, 0.1) is 12.3 Å². The molecule has 0 aliphatic rings. The highest BCUT2D eigenvalue weighted by molar-refractivity contribution is 5.77. The van der Waals surface area contributed by atoms with Crippen molar-refractivity contribution in [2.75, 3.05) is 20.1 Å². The monoisotopic (exact) mass is 359 g/mol. The van der Waals surface area contributed by atoms with Crippen LogP contribution in [0.1, 0.15) is 5.56 Å². The fraction of sp³-hybridized carbons (Fsp3) is 0.182. The second kappa shape index (κ2) is 8.84. The minimum Gasteiger partial charge on any atom is -0.340 e. The van der Waals surface area contributed by atoms with Gasteiger partial charge >= 0.3 is 0 Å². The third kappa shape index (κ3) is 4.84. The van der Waals surface area contributed by atoms with Crippen molar-refractivity contribution in [1.82, 2.24) is 15.1 Å². The summed E-state index contributed by atoms with van der Waals surface area (Å²) < 4.78 is 1.89. The molecule has 1 amide bonds. The van der Waals surface area contributed by atoms with Gasteiger partial charge < -0.3 is 10.2 Å². The van der Waals surface area contributed by atoms with Gasteiger partial charge in [-0.05, 0) is 12.1 Å². The first-order chi connectivity index (χ1) is 13.2. The van der Waals surface area contributed by atoms with Gasteiger partial charge in [0.05, 0.1) is 24.8 Å². The van der Waals surface area contributed by atoms with E-state index in [1.807, 2.05) is 66.5 Å². The van der Waals surface area contributed by atoms with E-state index in [2.05, 4.69) is 23.4 Å². The van der Waals surface area contributed by atoms with E-state index in [0.29, 0.717) is 13.1 Å². The first-order valence-electron chi connectivity index (χ1n) is 8.88. The number of hydrogen-bond donors (Lipinski definition) is 2. The molecule has 3 aromatic rings. The van der Waals surface area contributed by atoms with Crippen LogP contribution in [0.15, 0.2) is 66.9 Å². The van der Waals surface area contributed by atoms with E-state index in [1.54, 1.807) is 0 Å². The second-order valence-electron chi connectivity index (χ2n) is 6.44. The lowest BCUT2D eigenvalue weighted by molar-refractivity contribution is -0.885. The molecule has 0 aliphatic heterocycles. The average molecular weight is 359 g/mol. The van der Waals surface area contributed by atoms with Gasteiger partial charge in [-0.2, -0.15) is 5.10 Å². The summed E-state index contributed by atoms with van der Waals surface area (Å²) in [5.41, 5.74) is 4.09. The Morgan fingerprint density at radius 1 is 1.15 bits per heavy atom. The quantitative estimate of drug-likeness (QED) is 0.625. The zero-order valence-corrected chi connectivity index (χ0v) is 15.4. The Hall–Kier alpha value is -3.36. The van der Waals surface area contributed by atoms with Crippen molar-refractivity contribution in [3.63, 3.8) is 0 Å². The van der Waals surface area contributed by atoms with Gasteiger partial charge in [0, 0.05) is 11.8 Å². The van der Waals surface area contributed by atoms with Crippen molar-refractivity contribution in [2.45, 2.75) is 6.54 Å². The SMILES string of the molecule is C#CCNC(=O)C[NH+](C)Cc1cn(-c2ccccc2)nc1-c1ccccc1. The summed E-state index contributed by atoms with van der Waals surface area (Å²) in [6.45, 7) is 1.29. The van der Waals surface area contributed by atoms with Crippen LogP contribution in [0.5, 0.6) is 0 Å². The van der Waals surface area contributed by atoms with E-state index >= 15 is 0 Å². The highest BCUT2D eigenvalue weighted by Crippen LogP contribution is 2.23. The molecular formula is C22H23N4O+. The number of carbonyl (C=O) groups excluding carboxylic acids is 1. The molecule has 5 nitrogen and oxygen atoms in total. The molecule has 1 heterocycles. The Labute approximate surface area is 159 Å². The van der Waals surface area contributed by atoms with Crippen molar-refractivity contribution in [3.05, 3.63) is 72.4 Å². The molecule has 0 fully saturated rings. The van der Waals surface area contributed by atoms with Gasteiger partial charge in [0.1, 0.15) is 12.2 Å². The van der Waals surface area contributed by atoms with E-state index in [-0.39, 0.29) is 12.5 Å². The number of hydrogen-bond acceptors (Lipinski definition) is 2. The van der Waals surface area contributed by atoms with Crippen LogP contribution in [0.25, 0.3) is 16.9 Å². The van der Waals surface area contributed by atoms with E-state index in [9.17, 15) is 4.79 Å². The smallest absolute Gasteiger partial charge is 0.275 e. The van der Waals surface area contributed by atoms with Crippen LogP contribution in [0.2, 0.25) is 0 Å². The summed E-state index contributed by atoms with van der Waals surface area (Å²) in [7, 11) is 1.99. The minimum atomic E-state index is -0.0536. The Bertz CT molecular complexity index is 926. The molecule has 5 heteroatoms. The lowest BCUT2D eigenvalue weighted by Gasteiger charge is -2.13. The van der Waals surface area contributed by atoms with Crippen molar-refractivity contribution >= 4 is 5.91 Å². The summed E-state index contributed by atoms with van der Waals surface area (Å²) >= 11 is 0. The summed E-state index contributed by atoms with van der Waals surface area (Å²) in [6, 6.07) is 20.1. The molecule has 0 spiro atoms. The van der Waals surface area contributed by atoms with Crippen LogP contribution in [0.4, 0.5) is 0 Å². The summed E-state index contributed by atoms with van der Waals surface area (Å²) in [5.74, 6) is 2.37. The van der Waals surface area contributed by atoms with Crippen molar-refractivity contribution < 1.29 is 9.69 Å². The number of aromatic nitrogens is 2. The molecule has 1 atom stereocenters. The topological polar surface area (TPSA) is 51.4 Å². The highest BCUT2D eigenvalue weighted by atomic mass is 16.2. The van der Waals surface area contributed by atoms with Crippen molar-refractivity contribution in [1.29, 1.82) is 0 Å². The van der Waals surface area contributed by atoms with Gasteiger partial charge in [-0.25, -0.2) is 4.68 Å². The molecule has 0 aliphatic carbocycles. The number of benzene rings is 2. The number of amides is 1. The van der Waals surface area contributed by atoms with Crippen LogP contribution < -0.4 is 10.2 Å². The Balaban J connectivity index is 1.86. The number of terminal acetylenes is 1. The standard InChI is InChI=1S/C22H22N4O/c1-3-14-23-21(27)17-25(2)15-19-16-26(20-12-8-5-9-13-20)24-22(19)18-10-6-4-7-11-18/h1,4-13,16H,14-15,17H2,2H3,(H,23,27)/p+1. The lowest BCUT2D eigenvalue weighted by atomic mass is 10.1. The summed E-state index contributed by atoms with van der Waals surface area (Å²) in [6.07, 6.45) is 7.23. The number of nitrogens with zero attached hydrogens (tertiary/aromatic N) is 2. The van der Waals surface area contributed by atoms with E-state index in [0.717, 1.165) is 27.4 Å². The molecule has 3 rings (SSSR count). The largest absolute Gasteiger partial charge is 0.340 e. The zero-order chi connectivity index (χ0) is 19.1. The van der Waals surface area contributed by atoms with Crippen LogP contribution in [-0.2, 0) is 11.3 Å². The minimum absolute atomic E-state index is 0.0536. The van der Waals surface area contributed by atoms with Gasteiger partial charge in [0.25, 0.3) is 5.91 Å². The van der Waals surface area contributed by atoms with Crippen LogP contribution in [-0.4, -0.2) is 35.8 Å². The number of likely N-dealkylation sites (N-methyl/N-ethyl adjacent to an activating group) is 1. The Kier molecular flexibility index (Phi) is 6.03. The predicted molar refractivity (Wildman–Crippen MR) is 106 cm³/mol. The van der Waals surface area contributed by atoms with Gasteiger partial charge in [-0.1, -0.05) is 54.5 Å². The summed E-state index contributed by atoms with van der Waals surface area (Å²) in [5, 5.41) is 7.52. The summed E-state index contributed by atoms with van der Waals surface area (Å²) in [4.78, 5) is 13.0. The maximum Gasteiger partial charge on any atom is 0.275 e. The third-order valence-electron chi connectivity index (χ3n) is 4.20. The number of rotatable bonds is 7. The molecule has 0 radical (unpaired) electrons. The Morgan fingerprint density at radius 2 is 1.81 bits per heavy atom. The fourth-order valence-electron chi connectivity index (χ4n) is 2.96. The molecule has 27 heavy (non-hydrogen) atoms. The predicted octanol–water partition coefficient (Wildman–Crippen LogP) is 1.30. The highest BCUT2D eigenvalue weighted by Gasteiger charge is 2.17. The van der Waals surface area contributed by atoms with E-state index < -0.39 is 0 Å². The third-order valence-corrected chi connectivity index (χ3v) is 4.20. The Morgan fingerprint density at radius 3 is 2.48 bits per heavy atom. The molecular weight excluding hydrogens is 336 g/mol. The lowest BCUT2D eigenvalue weighted by Crippen LogP contribution is -3.08. The number of nitrogens with one attached hydrogen (secondary N) is 2. The van der Waals surface area contributed by atoms with Gasteiger partial charge in [0.2, 0.25) is 0 Å². The molecule has 1 unspecified atom stereocenters. The molecule has 2 N–H and O–H groups in total. The molecule has 0 saturated carbocycles. The molecule has 1 aromatic heterocycles. The van der Waals surface area contributed by atoms with Crippen LogP contribution >= 0.6 is 0 Å². The number of carbonyl (C=O) groups is 1. The second-order valence-corrected chi connectivity index (χ2v) is 6.44.